The number of nitrogens with one attached hydrogen (secondary N) is 7. The van der Waals surface area contributed by atoms with Crippen LogP contribution in [0.4, 0.5) is 0 Å². The molecular weight excluding hydrogens is 1980 g/mol. The largest absolute Gasteiger partial charge is 0.468 e. The van der Waals surface area contributed by atoms with Gasteiger partial charge in [-0.15, -0.1) is 45.3 Å². The zero-order valence-corrected chi connectivity index (χ0v) is 94.5. The van der Waals surface area contributed by atoms with Gasteiger partial charge in [0.2, 0.25) is 65.0 Å². The van der Waals surface area contributed by atoms with Crippen molar-refractivity contribution in [2.24, 2.45) is 45.8 Å². The summed E-state index contributed by atoms with van der Waals surface area (Å²) in [6, 6.07) is 25.9. The second kappa shape index (κ2) is 52.4. The molecule has 0 radical (unpaired) electrons. The molecule has 4 aromatic carbocycles. The number of nitrogens with zero attached hydrogens (tertiary/aromatic N) is 8. The van der Waals surface area contributed by atoms with E-state index in [4.69, 9.17) is 4.42 Å². The summed E-state index contributed by atoms with van der Waals surface area (Å²) in [7, 11) is 0. The summed E-state index contributed by atoms with van der Waals surface area (Å²) in [5.74, 6) is -4.68. The van der Waals surface area contributed by atoms with Crippen LogP contribution in [0.5, 0.6) is 0 Å². The number of ketones is 2. The first-order valence-corrected chi connectivity index (χ1v) is 55.0. The first-order chi connectivity index (χ1) is 70.3. The molecule has 4 saturated heterocycles. The Morgan fingerprint density at radius 1 is 0.380 bits per heavy atom. The van der Waals surface area contributed by atoms with Crippen LogP contribution in [-0.2, 0) is 68.9 Å². The Morgan fingerprint density at radius 3 is 0.947 bits per heavy atom. The second-order valence-electron chi connectivity index (χ2n) is 44.6. The number of benzene rings is 4. The van der Waals surface area contributed by atoms with E-state index in [0.717, 1.165) is 92.4 Å². The predicted molar refractivity (Wildman–Crippen MR) is 583 cm³/mol. The molecule has 4 fully saturated rings. The number of thiazole rings is 4. The smallest absolute Gasteiger partial charge is 0.246 e. The summed E-state index contributed by atoms with van der Waals surface area (Å²) in [6.07, 6.45) is -0.923. The van der Waals surface area contributed by atoms with Crippen LogP contribution in [0.15, 0.2) is 136 Å². The lowest BCUT2D eigenvalue weighted by atomic mass is 9.85. The molecular formula is C113H153N15O18S4. The van der Waals surface area contributed by atoms with Crippen molar-refractivity contribution >= 4 is 122 Å². The molecule has 812 valence electrons. The molecule has 15 atom stereocenters. The van der Waals surface area contributed by atoms with Gasteiger partial charge in [0, 0.05) is 102 Å². The summed E-state index contributed by atoms with van der Waals surface area (Å²) in [5.41, 5.74) is 17.9. The number of carbonyl (C=O) groups excluding carboxylic acids is 13. The molecule has 5 aromatic heterocycles. The minimum Gasteiger partial charge on any atom is -0.468 e. The van der Waals surface area contributed by atoms with Crippen molar-refractivity contribution in [3.05, 3.63) is 188 Å². The number of carbonyl (C=O) groups is 13. The Balaban J connectivity index is 0.000000205. The van der Waals surface area contributed by atoms with Crippen molar-refractivity contribution in [1.29, 1.82) is 0 Å². The predicted octanol–water partition coefficient (Wildman–Crippen LogP) is 14.9. The number of aliphatic hydroxyl groups excluding tert-OH is 4. The number of hydrogen-bond acceptors (Lipinski definition) is 26. The van der Waals surface area contributed by atoms with Crippen LogP contribution in [0.1, 0.15) is 264 Å². The van der Waals surface area contributed by atoms with Crippen LogP contribution in [0.25, 0.3) is 41.8 Å². The van der Waals surface area contributed by atoms with E-state index in [2.05, 4.69) is 57.2 Å². The lowest BCUT2D eigenvalue weighted by Gasteiger charge is -2.36. The van der Waals surface area contributed by atoms with E-state index in [-0.39, 0.29) is 165 Å². The highest BCUT2D eigenvalue weighted by Gasteiger charge is 2.50. The van der Waals surface area contributed by atoms with Gasteiger partial charge in [-0.3, -0.25) is 62.3 Å². The first kappa shape index (κ1) is 120. The molecule has 0 spiro atoms. The number of likely N-dealkylation sites (tertiary alicyclic amines) is 4. The molecule has 13 rings (SSSR count). The number of hydrogen-bond donors (Lipinski definition) is 11. The summed E-state index contributed by atoms with van der Waals surface area (Å²) in [6.45, 7) is 48.4. The average Bonchev–Trinajstić information content (AvgIpc) is 1.64. The van der Waals surface area contributed by atoms with Crippen LogP contribution in [-0.4, -0.2) is 229 Å². The molecule has 4 aliphatic heterocycles. The number of Topliss-reactive ketones (excluding diaryl/α,β-unsaturated/α-hetero) is 2. The third kappa shape index (κ3) is 31.6. The number of amides is 11. The fourth-order valence-electron chi connectivity index (χ4n) is 18.4. The highest BCUT2D eigenvalue weighted by Crippen LogP contribution is 2.39. The Kier molecular flexibility index (Phi) is 41.9. The summed E-state index contributed by atoms with van der Waals surface area (Å²) >= 11 is 6.29. The van der Waals surface area contributed by atoms with E-state index in [1.807, 2.05) is 265 Å². The maximum absolute atomic E-state index is 13.8. The second-order valence-corrected chi connectivity index (χ2v) is 48.0. The Morgan fingerprint density at radius 2 is 0.673 bits per heavy atom. The molecule has 0 saturated carbocycles. The lowest BCUT2D eigenvalue weighted by molar-refractivity contribution is -0.144. The van der Waals surface area contributed by atoms with Crippen LogP contribution in [0.3, 0.4) is 0 Å². The van der Waals surface area contributed by atoms with Crippen LogP contribution in [0, 0.1) is 80.5 Å². The molecule has 9 heterocycles. The molecule has 0 unspecified atom stereocenters. The number of furan rings is 1. The van der Waals surface area contributed by atoms with Gasteiger partial charge < -0.3 is 81.7 Å². The molecule has 0 aliphatic carbocycles. The lowest BCUT2D eigenvalue weighted by Crippen LogP contribution is -2.58. The monoisotopic (exact) mass is 2140 g/mol. The van der Waals surface area contributed by atoms with E-state index >= 15 is 0 Å². The minimum absolute atomic E-state index is 0.000483. The van der Waals surface area contributed by atoms with Gasteiger partial charge >= 0.3 is 0 Å². The zero-order valence-electron chi connectivity index (χ0n) is 91.2. The fraction of sp³-hybridized carbons (Fsp3) is 0.531. The molecule has 11 amide bonds. The van der Waals surface area contributed by atoms with Gasteiger partial charge in [-0.1, -0.05) is 229 Å². The van der Waals surface area contributed by atoms with E-state index in [0.29, 0.717) is 12.3 Å². The van der Waals surface area contributed by atoms with Crippen molar-refractivity contribution in [3.63, 3.8) is 0 Å². The van der Waals surface area contributed by atoms with Crippen LogP contribution in [0.2, 0.25) is 0 Å². The van der Waals surface area contributed by atoms with Gasteiger partial charge in [-0.05, 0) is 120 Å². The summed E-state index contributed by atoms with van der Waals surface area (Å²) < 4.78 is 5.67. The fourth-order valence-corrected chi connectivity index (χ4v) is 21.6. The van der Waals surface area contributed by atoms with Crippen molar-refractivity contribution in [3.8, 4) is 41.8 Å². The van der Waals surface area contributed by atoms with E-state index < -0.39 is 113 Å². The maximum Gasteiger partial charge on any atom is 0.246 e. The average molecular weight is 2140 g/mol. The van der Waals surface area contributed by atoms with Gasteiger partial charge in [-0.2, -0.15) is 0 Å². The standard InChI is InChI=1S/C31H39N3O5S.C29H40N4O5S.C27H38N4O4S.C26H36N4O4S/c1-17(2)26(36)13-24(21-7-9-22(10-8-21)29-20(6)32-16-40-29)33-30(37)25-12-23(35)14-34(25)31(38)28(18(3)4)27-11-19(5)15-39-27;1-16(2)24(36)13-22(19-8-10-20(11-9-19)25-17(3)30-15-39-25)32-27(37)23-12-21(35)14-33(23)28(38)26(29(5,6)7)31-18(4)34;1-15(2)24(33)30-23(27(5,6)7)26(35)31-13-20(32)12-21(31)25(34)29-16(3)18-8-10-19(11-9-18)22-17(4)28-14-36-22;1-15(2)23(32)29-22(26(4,5)6)25(34)30-13-19(31)11-20(30)24(33)27-12-17-7-9-18(10-8-17)21-16(3)28-14-35-21/h7-11,15-18,23-25,28,35H,12-14H2,1-6H3,(H,33,37);8-11,15-16,21-23,26,35H,12-14H2,1-7H3,(H,31,34)(H,32,37);8-11,14-16,20-21,23,32H,12-13H2,1-7H3,(H,29,34)(H,30,33);7-10,14-15,19-20,22,31H,11-13H2,1-6H3,(H,27,33)(H,29,32)/t23-,24+,25+,28-;21-,22+,23+,26-;16-,20+,21-,23+;19-,20+,22-/m1101/s1. The highest BCUT2D eigenvalue weighted by atomic mass is 32.1. The van der Waals surface area contributed by atoms with Gasteiger partial charge in [0.1, 0.15) is 59.6 Å². The van der Waals surface area contributed by atoms with Crippen molar-refractivity contribution < 1.29 is 87.2 Å². The molecule has 150 heavy (non-hydrogen) atoms. The quantitative estimate of drug-likeness (QED) is 0.0182. The molecule has 33 nitrogen and oxygen atoms in total. The third-order valence-corrected chi connectivity index (χ3v) is 31.2. The molecule has 0 bridgehead atoms. The summed E-state index contributed by atoms with van der Waals surface area (Å²) in [5, 5.41) is 61.9. The van der Waals surface area contributed by atoms with E-state index in [9.17, 15) is 82.8 Å². The van der Waals surface area contributed by atoms with Crippen molar-refractivity contribution in [2.75, 3.05) is 26.2 Å². The molecule has 11 N–H and O–H groups in total. The SMILES string of the molecule is CC(=O)N[C@H](C(=O)N1C[C@H](O)C[C@H]1C(=O)N[C@@H](CC(=O)C(C)C)c1ccc(-c2scnc2C)cc1)C(C)(C)C.Cc1coc([C@H](C(=O)N2C[C@H](O)C[C@H]2C(=O)N[C@@H](CC(=O)C(C)C)c2ccc(-c3scnc3C)cc2)C(C)C)c1.Cc1ncsc1-c1ccc(CNC(=O)[C@@H]2C[C@@H](O)CN2C(=O)[C@@H](NC(=O)C(C)C)C(C)(C)C)cc1.Cc1ncsc1-c1ccc([C@H](C)NC(=O)[C@@H]2C[C@@H](O)CN2C(=O)[C@@H](NC(=O)C(C)C)C(C)(C)C)cc1. The van der Waals surface area contributed by atoms with Crippen molar-refractivity contribution in [2.45, 2.75) is 316 Å². The number of aryl methyl sites for hydroxylation is 5. The van der Waals surface area contributed by atoms with Gasteiger partial charge in [0.05, 0.1) is 119 Å². The summed E-state index contributed by atoms with van der Waals surface area (Å²) in [4.78, 5) is 197. The van der Waals surface area contributed by atoms with Gasteiger partial charge in [0.25, 0.3) is 0 Å². The van der Waals surface area contributed by atoms with Gasteiger partial charge in [-0.25, -0.2) is 19.9 Å². The third-order valence-electron chi connectivity index (χ3n) is 27.3. The minimum atomic E-state index is -0.929. The highest BCUT2D eigenvalue weighted by molar-refractivity contribution is 7.14. The topological polar surface area (TPSA) is 465 Å². The van der Waals surface area contributed by atoms with E-state index in [1.54, 1.807) is 84.8 Å². The van der Waals surface area contributed by atoms with Gasteiger partial charge in [0.15, 0.2) is 0 Å². The zero-order chi connectivity index (χ0) is 111. The molecule has 4 aliphatic rings. The number of rotatable bonds is 33. The Bertz CT molecular complexity index is 6160. The van der Waals surface area contributed by atoms with E-state index in [1.165, 1.54) is 26.5 Å². The number of β-amino-alcohol motifs (C(OH)–C–C–N with tert-alkyl or cyclic N) is 4. The normalized spacial score (nSPS) is 19.1. The number of aromatic nitrogens is 4. The maximum atomic E-state index is 13.8. The Hall–Kier alpha value is -12.0. The van der Waals surface area contributed by atoms with Crippen LogP contribution < -0.4 is 37.2 Å². The molecule has 9 aromatic rings. The van der Waals surface area contributed by atoms with Crippen molar-refractivity contribution in [1.82, 2.24) is 76.8 Å². The first-order valence-electron chi connectivity index (χ1n) is 51.4. The Labute approximate surface area is 897 Å². The number of aliphatic hydroxyl groups is 4. The van der Waals surface area contributed by atoms with Crippen LogP contribution >= 0.6 is 45.3 Å². The molecule has 37 heteroatoms.